The predicted octanol–water partition coefficient (Wildman–Crippen LogP) is 4.57. The second kappa shape index (κ2) is 9.35. The van der Waals surface area contributed by atoms with Gasteiger partial charge in [-0.15, -0.1) is 0 Å². The number of rotatable bonds is 6. The van der Waals surface area contributed by atoms with Crippen molar-refractivity contribution in [2.24, 2.45) is 0 Å². The highest BCUT2D eigenvalue weighted by atomic mass is 35.5. The molecule has 1 aromatic heterocycles. The third-order valence-electron chi connectivity index (χ3n) is 5.34. The van der Waals surface area contributed by atoms with Gasteiger partial charge in [-0.2, -0.15) is 0 Å². The molecule has 0 aliphatic carbocycles. The van der Waals surface area contributed by atoms with Crippen molar-refractivity contribution in [2.45, 2.75) is 18.9 Å². The molecule has 1 aliphatic rings. The van der Waals surface area contributed by atoms with Crippen LogP contribution in [0.25, 0.3) is 10.9 Å². The van der Waals surface area contributed by atoms with E-state index >= 15 is 0 Å². The van der Waals surface area contributed by atoms with Crippen LogP contribution in [-0.2, 0) is 0 Å². The Morgan fingerprint density at radius 1 is 1.09 bits per heavy atom. The number of methoxy groups -OCH3 is 2. The quantitative estimate of drug-likeness (QED) is 0.553. The molecule has 4 rings (SSSR count). The van der Waals surface area contributed by atoms with Crippen LogP contribution >= 0.6 is 11.6 Å². The third kappa shape index (κ3) is 4.57. The minimum Gasteiger partial charge on any atom is -0.493 e. The number of fused-ring (bicyclic) bond motifs is 1. The zero-order valence-electron chi connectivity index (χ0n) is 17.7. The molecule has 1 amide bonds. The molecule has 0 unspecified atom stereocenters. The summed E-state index contributed by atoms with van der Waals surface area (Å²) in [6.07, 6.45) is 1.75. The number of aromatic nitrogens is 2. The van der Waals surface area contributed by atoms with E-state index in [9.17, 15) is 4.79 Å². The van der Waals surface area contributed by atoms with Crippen molar-refractivity contribution in [1.82, 2.24) is 14.9 Å². The van der Waals surface area contributed by atoms with Gasteiger partial charge >= 0.3 is 6.09 Å². The summed E-state index contributed by atoms with van der Waals surface area (Å²) in [7, 11) is 3.15. The zero-order valence-corrected chi connectivity index (χ0v) is 18.4. The van der Waals surface area contributed by atoms with Gasteiger partial charge < -0.3 is 29.5 Å². The number of nitrogens with one attached hydrogen (secondary N) is 1. The molecule has 2 aromatic carbocycles. The van der Waals surface area contributed by atoms with Crippen LogP contribution < -0.4 is 19.5 Å². The molecule has 0 radical (unpaired) electrons. The van der Waals surface area contributed by atoms with Gasteiger partial charge in [-0.05, 0) is 24.3 Å². The minimum absolute atomic E-state index is 0.0739. The van der Waals surface area contributed by atoms with Crippen molar-refractivity contribution in [1.29, 1.82) is 0 Å². The second-order valence-electron chi connectivity index (χ2n) is 7.30. The van der Waals surface area contributed by atoms with Crippen molar-refractivity contribution >= 4 is 40.1 Å². The lowest BCUT2D eigenvalue weighted by atomic mass is 10.1. The number of benzene rings is 2. The zero-order chi connectivity index (χ0) is 22.7. The van der Waals surface area contributed by atoms with E-state index in [0.29, 0.717) is 59.5 Å². The Balaban J connectivity index is 1.50. The normalized spacial score (nSPS) is 14.3. The first-order valence-electron chi connectivity index (χ1n) is 10.1. The van der Waals surface area contributed by atoms with E-state index in [4.69, 9.17) is 30.9 Å². The number of hydrogen-bond donors (Lipinski definition) is 2. The lowest BCUT2D eigenvalue weighted by Gasteiger charge is -2.30. The molecule has 2 heterocycles. The van der Waals surface area contributed by atoms with Crippen LogP contribution in [-0.4, -0.2) is 59.5 Å². The average Bonchev–Trinajstić information content (AvgIpc) is 2.80. The number of nitrogens with zero attached hydrogens (tertiary/aromatic N) is 3. The fraction of sp³-hybridized carbons (Fsp3) is 0.318. The largest absolute Gasteiger partial charge is 0.493 e. The molecule has 1 fully saturated rings. The minimum atomic E-state index is -0.898. The van der Waals surface area contributed by atoms with Gasteiger partial charge in [-0.3, -0.25) is 0 Å². The van der Waals surface area contributed by atoms with Crippen molar-refractivity contribution < 1.29 is 24.1 Å². The highest BCUT2D eigenvalue weighted by Gasteiger charge is 2.24. The van der Waals surface area contributed by atoms with Crippen LogP contribution in [0.15, 0.2) is 36.7 Å². The fourth-order valence-corrected chi connectivity index (χ4v) is 3.86. The fourth-order valence-electron chi connectivity index (χ4n) is 3.64. The molecular weight excluding hydrogens is 436 g/mol. The number of carboxylic acid groups (broad SMARTS) is 1. The Morgan fingerprint density at radius 3 is 2.47 bits per heavy atom. The summed E-state index contributed by atoms with van der Waals surface area (Å²) in [6.45, 7) is 0.901. The first kappa shape index (κ1) is 21.8. The van der Waals surface area contributed by atoms with Crippen LogP contribution in [0.1, 0.15) is 12.8 Å². The third-order valence-corrected chi connectivity index (χ3v) is 5.64. The van der Waals surface area contributed by atoms with Gasteiger partial charge in [-0.1, -0.05) is 11.6 Å². The lowest BCUT2D eigenvalue weighted by molar-refractivity contribution is 0.0895. The number of anilines is 2. The molecular formula is C22H23ClN4O5. The van der Waals surface area contributed by atoms with Gasteiger partial charge in [0.1, 0.15) is 24.0 Å². The van der Waals surface area contributed by atoms with Gasteiger partial charge in [-0.25, -0.2) is 14.8 Å². The predicted molar refractivity (Wildman–Crippen MR) is 121 cm³/mol. The maximum atomic E-state index is 11.0. The molecule has 1 aliphatic heterocycles. The van der Waals surface area contributed by atoms with Gasteiger partial charge in [0.2, 0.25) is 0 Å². The van der Waals surface area contributed by atoms with Crippen molar-refractivity contribution in [3.05, 3.63) is 41.7 Å². The monoisotopic (exact) mass is 458 g/mol. The second-order valence-corrected chi connectivity index (χ2v) is 7.71. The summed E-state index contributed by atoms with van der Waals surface area (Å²) >= 11 is 6.46. The Bertz CT molecular complexity index is 1130. The van der Waals surface area contributed by atoms with Gasteiger partial charge in [0.25, 0.3) is 0 Å². The van der Waals surface area contributed by atoms with Crippen LogP contribution in [0.3, 0.4) is 0 Å². The Morgan fingerprint density at radius 2 is 1.81 bits per heavy atom. The van der Waals surface area contributed by atoms with Crippen LogP contribution in [0.2, 0.25) is 5.02 Å². The molecule has 32 heavy (non-hydrogen) atoms. The molecule has 0 spiro atoms. The van der Waals surface area contributed by atoms with E-state index in [2.05, 4.69) is 15.3 Å². The van der Waals surface area contributed by atoms with Gasteiger partial charge in [0, 0.05) is 43.1 Å². The molecule has 10 heteroatoms. The molecule has 9 nitrogen and oxygen atoms in total. The number of piperidine rings is 1. The topological polar surface area (TPSA) is 106 Å². The van der Waals surface area contributed by atoms with Gasteiger partial charge in [0.05, 0.1) is 24.8 Å². The van der Waals surface area contributed by atoms with E-state index < -0.39 is 6.09 Å². The molecule has 168 valence electrons. The van der Waals surface area contributed by atoms with E-state index in [1.807, 2.05) is 12.1 Å². The molecule has 0 atom stereocenters. The smallest absolute Gasteiger partial charge is 0.407 e. The highest BCUT2D eigenvalue weighted by Crippen LogP contribution is 2.36. The summed E-state index contributed by atoms with van der Waals surface area (Å²) in [4.78, 5) is 21.1. The number of hydrogen-bond acceptors (Lipinski definition) is 7. The van der Waals surface area contributed by atoms with E-state index in [1.54, 1.807) is 32.4 Å². The van der Waals surface area contributed by atoms with Crippen molar-refractivity contribution in [3.63, 3.8) is 0 Å². The van der Waals surface area contributed by atoms with Crippen LogP contribution in [0.4, 0.5) is 16.3 Å². The first-order valence-corrected chi connectivity index (χ1v) is 10.4. The number of likely N-dealkylation sites (tertiary alicyclic amines) is 1. The summed E-state index contributed by atoms with van der Waals surface area (Å²) in [5, 5.41) is 13.6. The first-order chi connectivity index (χ1) is 15.5. The summed E-state index contributed by atoms with van der Waals surface area (Å²) in [6, 6.07) is 9.02. The van der Waals surface area contributed by atoms with Crippen LogP contribution in [0, 0.1) is 0 Å². The molecule has 2 N–H and O–H groups in total. The SMILES string of the molecule is COc1cc2ncnc(Nc3ccc(OC4CCN(C(=O)O)CC4)c(Cl)c3)c2cc1OC. The van der Waals surface area contributed by atoms with Gasteiger partial charge in [0.15, 0.2) is 11.5 Å². The molecule has 1 saturated heterocycles. The highest BCUT2D eigenvalue weighted by molar-refractivity contribution is 6.32. The number of amides is 1. The van der Waals surface area contributed by atoms with E-state index in [0.717, 1.165) is 11.1 Å². The summed E-state index contributed by atoms with van der Waals surface area (Å²) in [5.41, 5.74) is 1.44. The van der Waals surface area contributed by atoms with E-state index in [1.165, 1.54) is 11.2 Å². The lowest BCUT2D eigenvalue weighted by Crippen LogP contribution is -2.41. The average molecular weight is 459 g/mol. The molecule has 0 bridgehead atoms. The van der Waals surface area contributed by atoms with Crippen molar-refractivity contribution in [2.75, 3.05) is 32.6 Å². The Hall–Kier alpha value is -3.46. The molecule has 3 aromatic rings. The Labute approximate surface area is 189 Å². The Kier molecular flexibility index (Phi) is 6.36. The number of halogens is 1. The maximum Gasteiger partial charge on any atom is 0.407 e. The molecule has 0 saturated carbocycles. The van der Waals surface area contributed by atoms with E-state index in [-0.39, 0.29) is 6.10 Å². The standard InChI is InChI=1S/C22H23ClN4O5/c1-30-19-10-15-17(11-20(19)31-2)24-12-25-21(15)26-13-3-4-18(16(23)9-13)32-14-5-7-27(8-6-14)22(28)29/h3-4,9-12,14H,5-8H2,1-2H3,(H,28,29)(H,24,25,26). The summed E-state index contributed by atoms with van der Waals surface area (Å²) < 4.78 is 16.7. The maximum absolute atomic E-state index is 11.0. The number of ether oxygens (including phenoxy) is 3. The number of carbonyl (C=O) groups is 1. The summed E-state index contributed by atoms with van der Waals surface area (Å²) in [5.74, 6) is 2.32. The van der Waals surface area contributed by atoms with Crippen molar-refractivity contribution in [3.8, 4) is 17.2 Å². The van der Waals surface area contributed by atoms with Crippen LogP contribution in [0.5, 0.6) is 17.2 Å².